The molecule has 1 heterocycles. The second kappa shape index (κ2) is 9.37. The second-order valence-corrected chi connectivity index (χ2v) is 8.78. The van der Waals surface area contributed by atoms with Crippen LogP contribution in [0.25, 0.3) is 10.2 Å². The maximum absolute atomic E-state index is 13.3. The van der Waals surface area contributed by atoms with Crippen LogP contribution in [-0.2, 0) is 0 Å². The largest absolute Gasteiger partial charge is 0.491 e. The van der Waals surface area contributed by atoms with E-state index in [0.717, 1.165) is 34.1 Å². The number of thiazole rings is 1. The SMILES string of the molecule is Cc1ccc2nc(N(CCCN(C)C)C(=O)c3ccc(OC(C)C)cc3)sc2c1. The maximum atomic E-state index is 13.3. The fourth-order valence-corrected chi connectivity index (χ4v) is 4.16. The predicted octanol–water partition coefficient (Wildman–Crippen LogP) is 4.99. The quantitative estimate of drug-likeness (QED) is 0.524. The molecule has 0 N–H and O–H groups in total. The fourth-order valence-electron chi connectivity index (χ4n) is 3.07. The zero-order chi connectivity index (χ0) is 21.0. The van der Waals surface area contributed by atoms with E-state index in [1.165, 1.54) is 5.56 Å². The summed E-state index contributed by atoms with van der Waals surface area (Å²) in [6.07, 6.45) is 0.979. The molecule has 0 fully saturated rings. The average Bonchev–Trinajstić information content (AvgIpc) is 3.07. The van der Waals surface area contributed by atoms with Crippen LogP contribution in [0.2, 0.25) is 0 Å². The molecule has 6 heteroatoms. The molecule has 0 radical (unpaired) electrons. The molecule has 2 aromatic carbocycles. The van der Waals surface area contributed by atoms with Gasteiger partial charge in [-0.25, -0.2) is 4.98 Å². The number of hydrogen-bond donors (Lipinski definition) is 0. The molecule has 3 rings (SSSR count). The molecule has 0 saturated carbocycles. The van der Waals surface area contributed by atoms with Crippen LogP contribution in [0.4, 0.5) is 5.13 Å². The van der Waals surface area contributed by atoms with Gasteiger partial charge in [0.15, 0.2) is 5.13 Å². The summed E-state index contributed by atoms with van der Waals surface area (Å²) < 4.78 is 6.80. The number of hydrogen-bond acceptors (Lipinski definition) is 5. The number of nitrogens with zero attached hydrogens (tertiary/aromatic N) is 3. The lowest BCUT2D eigenvalue weighted by Gasteiger charge is -2.21. The highest BCUT2D eigenvalue weighted by Crippen LogP contribution is 2.30. The summed E-state index contributed by atoms with van der Waals surface area (Å²) >= 11 is 1.57. The van der Waals surface area contributed by atoms with Crippen molar-refractivity contribution in [1.29, 1.82) is 0 Å². The monoisotopic (exact) mass is 411 g/mol. The molecular formula is C23H29N3O2S. The number of aryl methyl sites for hydroxylation is 1. The highest BCUT2D eigenvalue weighted by atomic mass is 32.1. The first-order chi connectivity index (χ1) is 13.8. The molecule has 3 aromatic rings. The lowest BCUT2D eigenvalue weighted by Crippen LogP contribution is -2.33. The first-order valence-electron chi connectivity index (χ1n) is 9.94. The summed E-state index contributed by atoms with van der Waals surface area (Å²) in [6.45, 7) is 7.58. The number of rotatable bonds is 8. The molecule has 154 valence electrons. The molecule has 1 amide bonds. The van der Waals surface area contributed by atoms with Crippen molar-refractivity contribution in [1.82, 2.24) is 9.88 Å². The van der Waals surface area contributed by atoms with Crippen molar-refractivity contribution < 1.29 is 9.53 Å². The lowest BCUT2D eigenvalue weighted by atomic mass is 10.2. The zero-order valence-corrected chi connectivity index (χ0v) is 18.6. The summed E-state index contributed by atoms with van der Waals surface area (Å²) in [5.41, 5.74) is 2.77. The molecule has 0 aliphatic rings. The Morgan fingerprint density at radius 3 is 2.48 bits per heavy atom. The number of benzene rings is 2. The molecule has 0 atom stereocenters. The number of anilines is 1. The molecule has 0 unspecified atom stereocenters. The Bertz CT molecular complexity index is 964. The van der Waals surface area contributed by atoms with Crippen LogP contribution in [-0.4, -0.2) is 49.1 Å². The van der Waals surface area contributed by atoms with Gasteiger partial charge in [0.1, 0.15) is 5.75 Å². The summed E-state index contributed by atoms with van der Waals surface area (Å²) in [5, 5.41) is 0.747. The van der Waals surface area contributed by atoms with Crippen molar-refractivity contribution in [3.8, 4) is 5.75 Å². The van der Waals surface area contributed by atoms with Crippen LogP contribution in [0.15, 0.2) is 42.5 Å². The standard InChI is InChI=1S/C23H29N3O2S/c1-16(2)28-19-10-8-18(9-11-19)22(27)26(14-6-13-25(4)5)23-24-20-12-7-17(3)15-21(20)29-23/h7-12,15-16H,6,13-14H2,1-5H3. The van der Waals surface area contributed by atoms with Gasteiger partial charge in [0.25, 0.3) is 5.91 Å². The van der Waals surface area contributed by atoms with Crippen molar-refractivity contribution in [3.63, 3.8) is 0 Å². The smallest absolute Gasteiger partial charge is 0.260 e. The van der Waals surface area contributed by atoms with Gasteiger partial charge in [0.05, 0.1) is 16.3 Å². The van der Waals surface area contributed by atoms with Crippen molar-refractivity contribution in [2.75, 3.05) is 32.1 Å². The predicted molar refractivity (Wildman–Crippen MR) is 121 cm³/mol. The number of amides is 1. The molecule has 0 saturated heterocycles. The molecule has 0 aliphatic heterocycles. The molecular weight excluding hydrogens is 382 g/mol. The number of aromatic nitrogens is 1. The normalized spacial score (nSPS) is 11.4. The second-order valence-electron chi connectivity index (χ2n) is 7.77. The van der Waals surface area contributed by atoms with Crippen molar-refractivity contribution in [2.45, 2.75) is 33.3 Å². The van der Waals surface area contributed by atoms with E-state index in [2.05, 4.69) is 24.0 Å². The highest BCUT2D eigenvalue weighted by Gasteiger charge is 2.21. The van der Waals surface area contributed by atoms with Gasteiger partial charge < -0.3 is 9.64 Å². The van der Waals surface area contributed by atoms with Gasteiger partial charge in [-0.1, -0.05) is 17.4 Å². The highest BCUT2D eigenvalue weighted by molar-refractivity contribution is 7.22. The zero-order valence-electron chi connectivity index (χ0n) is 17.8. The first-order valence-corrected chi connectivity index (χ1v) is 10.8. The third-order valence-corrected chi connectivity index (χ3v) is 5.51. The van der Waals surface area contributed by atoms with Crippen LogP contribution < -0.4 is 9.64 Å². The van der Waals surface area contributed by atoms with Crippen LogP contribution in [0, 0.1) is 6.92 Å². The van der Waals surface area contributed by atoms with Crippen molar-refractivity contribution in [3.05, 3.63) is 53.6 Å². The van der Waals surface area contributed by atoms with E-state index in [0.29, 0.717) is 12.1 Å². The minimum absolute atomic E-state index is 0.0318. The Morgan fingerprint density at radius 2 is 1.83 bits per heavy atom. The molecule has 0 spiro atoms. The third kappa shape index (κ3) is 5.55. The molecule has 0 bridgehead atoms. The van der Waals surface area contributed by atoms with Gasteiger partial charge in [-0.3, -0.25) is 9.69 Å². The average molecular weight is 412 g/mol. The van der Waals surface area contributed by atoms with Crippen LogP contribution in [0.3, 0.4) is 0 Å². The fraction of sp³-hybridized carbons (Fsp3) is 0.391. The summed E-state index contributed by atoms with van der Waals surface area (Å²) in [7, 11) is 4.08. The van der Waals surface area contributed by atoms with Gasteiger partial charge in [-0.15, -0.1) is 0 Å². The summed E-state index contributed by atoms with van der Waals surface area (Å²) in [5.74, 6) is 0.738. The van der Waals surface area contributed by atoms with Crippen molar-refractivity contribution >= 4 is 32.6 Å². The van der Waals surface area contributed by atoms with E-state index >= 15 is 0 Å². The van der Waals surface area contributed by atoms with Crippen LogP contribution >= 0.6 is 11.3 Å². The Hall–Kier alpha value is -2.44. The molecule has 29 heavy (non-hydrogen) atoms. The third-order valence-electron chi connectivity index (χ3n) is 4.47. The Labute approximate surface area is 176 Å². The Balaban J connectivity index is 1.88. The maximum Gasteiger partial charge on any atom is 0.260 e. The Morgan fingerprint density at radius 1 is 1.10 bits per heavy atom. The number of ether oxygens (including phenoxy) is 1. The first kappa shape index (κ1) is 21.3. The van der Waals surface area contributed by atoms with E-state index in [9.17, 15) is 4.79 Å². The summed E-state index contributed by atoms with van der Waals surface area (Å²) in [6, 6.07) is 13.6. The van der Waals surface area contributed by atoms with Crippen LogP contribution in [0.1, 0.15) is 36.2 Å². The topological polar surface area (TPSA) is 45.7 Å². The number of carbonyl (C=O) groups excluding carboxylic acids is 1. The molecule has 5 nitrogen and oxygen atoms in total. The van der Waals surface area contributed by atoms with E-state index in [4.69, 9.17) is 9.72 Å². The van der Waals surface area contributed by atoms with Gasteiger partial charge >= 0.3 is 0 Å². The van der Waals surface area contributed by atoms with E-state index in [-0.39, 0.29) is 12.0 Å². The lowest BCUT2D eigenvalue weighted by molar-refractivity contribution is 0.0986. The van der Waals surface area contributed by atoms with E-state index in [1.807, 2.05) is 63.2 Å². The summed E-state index contributed by atoms with van der Waals surface area (Å²) in [4.78, 5) is 22.0. The van der Waals surface area contributed by atoms with Gasteiger partial charge in [-0.2, -0.15) is 0 Å². The van der Waals surface area contributed by atoms with E-state index < -0.39 is 0 Å². The molecule has 1 aromatic heterocycles. The van der Waals surface area contributed by atoms with Crippen LogP contribution in [0.5, 0.6) is 5.75 Å². The van der Waals surface area contributed by atoms with Gasteiger partial charge in [0.2, 0.25) is 0 Å². The van der Waals surface area contributed by atoms with Gasteiger partial charge in [-0.05, 0) is 89.8 Å². The number of fused-ring (bicyclic) bond motifs is 1. The van der Waals surface area contributed by atoms with Crippen molar-refractivity contribution in [2.24, 2.45) is 0 Å². The Kier molecular flexibility index (Phi) is 6.87. The molecule has 0 aliphatic carbocycles. The minimum Gasteiger partial charge on any atom is -0.491 e. The van der Waals surface area contributed by atoms with Gasteiger partial charge in [0, 0.05) is 12.1 Å². The van der Waals surface area contributed by atoms with E-state index in [1.54, 1.807) is 11.3 Å². The number of carbonyl (C=O) groups is 1. The minimum atomic E-state index is -0.0318.